The third kappa shape index (κ3) is 3.75. The molecule has 1 saturated carbocycles. The first kappa shape index (κ1) is 20.0. The predicted molar refractivity (Wildman–Crippen MR) is 116 cm³/mol. The number of hydrogen-bond acceptors (Lipinski definition) is 5. The van der Waals surface area contributed by atoms with Gasteiger partial charge in [-0.25, -0.2) is 4.98 Å². The molecule has 0 saturated heterocycles. The van der Waals surface area contributed by atoms with E-state index in [-0.39, 0.29) is 17.5 Å². The molecule has 2 heterocycles. The summed E-state index contributed by atoms with van der Waals surface area (Å²) in [5.41, 5.74) is 1.25. The molecule has 28 heavy (non-hydrogen) atoms. The molecule has 2 aliphatic carbocycles. The number of aryl methyl sites for hydroxylation is 2. The van der Waals surface area contributed by atoms with Crippen molar-refractivity contribution in [3.63, 3.8) is 0 Å². The van der Waals surface area contributed by atoms with E-state index < -0.39 is 0 Å². The Hall–Kier alpha value is -1.34. The summed E-state index contributed by atoms with van der Waals surface area (Å²) in [5.74, 6) is 1.50. The molecule has 2 aromatic heterocycles. The molecule has 0 aliphatic heterocycles. The van der Waals surface area contributed by atoms with Crippen LogP contribution < -0.4 is 10.9 Å². The number of rotatable bonds is 4. The van der Waals surface area contributed by atoms with E-state index in [0.29, 0.717) is 22.7 Å². The Balaban J connectivity index is 1.48. The van der Waals surface area contributed by atoms with Crippen LogP contribution in [0.5, 0.6) is 0 Å². The van der Waals surface area contributed by atoms with Crippen molar-refractivity contribution in [3.05, 3.63) is 20.8 Å². The van der Waals surface area contributed by atoms with Crippen molar-refractivity contribution in [2.24, 2.45) is 18.9 Å². The largest absolute Gasteiger partial charge is 0.352 e. The molecule has 1 fully saturated rings. The second-order valence-corrected chi connectivity index (χ2v) is 10.4. The van der Waals surface area contributed by atoms with E-state index in [0.717, 1.165) is 35.9 Å². The minimum Gasteiger partial charge on any atom is -0.352 e. The number of nitrogens with one attached hydrogen (secondary N) is 1. The monoisotopic (exact) mass is 419 g/mol. The highest BCUT2D eigenvalue weighted by molar-refractivity contribution is 7.99. The second kappa shape index (κ2) is 8.19. The number of thiophene rings is 1. The third-order valence-corrected chi connectivity index (χ3v) is 8.76. The molecule has 7 heteroatoms. The van der Waals surface area contributed by atoms with Gasteiger partial charge in [-0.2, -0.15) is 0 Å². The highest BCUT2D eigenvalue weighted by Gasteiger charge is 2.28. The van der Waals surface area contributed by atoms with Gasteiger partial charge in [-0.1, -0.05) is 38.5 Å². The molecule has 0 bridgehead atoms. The highest BCUT2D eigenvalue weighted by Crippen LogP contribution is 2.34. The van der Waals surface area contributed by atoms with Gasteiger partial charge in [0.25, 0.3) is 5.56 Å². The van der Waals surface area contributed by atoms with Crippen LogP contribution in [0.3, 0.4) is 0 Å². The van der Waals surface area contributed by atoms with Gasteiger partial charge in [0.15, 0.2) is 5.16 Å². The first-order valence-corrected chi connectivity index (χ1v) is 12.2. The molecule has 4 rings (SSSR count). The van der Waals surface area contributed by atoms with Gasteiger partial charge in [-0.3, -0.25) is 14.2 Å². The molecule has 0 aromatic carbocycles. The van der Waals surface area contributed by atoms with Crippen molar-refractivity contribution < 1.29 is 4.79 Å². The van der Waals surface area contributed by atoms with E-state index in [1.54, 1.807) is 23.0 Å². The molecule has 3 atom stereocenters. The summed E-state index contributed by atoms with van der Waals surface area (Å²) in [6.07, 6.45) is 7.88. The van der Waals surface area contributed by atoms with Gasteiger partial charge in [-0.05, 0) is 49.5 Å². The van der Waals surface area contributed by atoms with Gasteiger partial charge in [0.1, 0.15) is 4.83 Å². The molecule has 1 amide bonds. The summed E-state index contributed by atoms with van der Waals surface area (Å²) >= 11 is 3.03. The fourth-order valence-electron chi connectivity index (χ4n) is 4.56. The van der Waals surface area contributed by atoms with Crippen molar-refractivity contribution in [1.29, 1.82) is 0 Å². The Bertz CT molecular complexity index is 949. The molecular weight excluding hydrogens is 390 g/mol. The zero-order valence-corrected chi connectivity index (χ0v) is 18.5. The minimum absolute atomic E-state index is 0.0297. The van der Waals surface area contributed by atoms with Crippen LogP contribution in [0.2, 0.25) is 0 Å². The molecule has 2 aliphatic rings. The lowest BCUT2D eigenvalue weighted by atomic mass is 9.78. The maximum atomic E-state index is 12.9. The normalized spacial score (nSPS) is 24.9. The average molecular weight is 420 g/mol. The summed E-state index contributed by atoms with van der Waals surface area (Å²) in [7, 11) is 1.77. The van der Waals surface area contributed by atoms with E-state index in [9.17, 15) is 9.59 Å². The van der Waals surface area contributed by atoms with Gasteiger partial charge < -0.3 is 5.32 Å². The summed E-state index contributed by atoms with van der Waals surface area (Å²) in [5, 5.41) is 4.65. The van der Waals surface area contributed by atoms with E-state index in [4.69, 9.17) is 4.98 Å². The van der Waals surface area contributed by atoms with Crippen molar-refractivity contribution in [2.45, 2.75) is 70.0 Å². The molecule has 152 valence electrons. The van der Waals surface area contributed by atoms with E-state index >= 15 is 0 Å². The summed E-state index contributed by atoms with van der Waals surface area (Å²) < 4.78 is 1.62. The van der Waals surface area contributed by atoms with Crippen LogP contribution in [0, 0.1) is 11.8 Å². The second-order valence-electron chi connectivity index (χ2n) is 8.38. The van der Waals surface area contributed by atoms with Gasteiger partial charge in [-0.15, -0.1) is 11.3 Å². The van der Waals surface area contributed by atoms with Gasteiger partial charge >= 0.3 is 0 Å². The quantitative estimate of drug-likeness (QED) is 0.603. The van der Waals surface area contributed by atoms with Crippen molar-refractivity contribution in [3.8, 4) is 0 Å². The lowest BCUT2D eigenvalue weighted by molar-refractivity contribution is -0.120. The molecule has 5 nitrogen and oxygen atoms in total. The van der Waals surface area contributed by atoms with Crippen molar-refractivity contribution in [1.82, 2.24) is 14.9 Å². The Morgan fingerprint density at radius 2 is 2.04 bits per heavy atom. The Kier molecular flexibility index (Phi) is 5.83. The highest BCUT2D eigenvalue weighted by atomic mass is 32.2. The number of amides is 1. The number of nitrogens with zero attached hydrogens (tertiary/aromatic N) is 2. The topological polar surface area (TPSA) is 64.0 Å². The number of aromatic nitrogens is 2. The molecule has 0 unspecified atom stereocenters. The SMILES string of the molecule is C[C@@H]1[C@H](C)CCC[C@@H]1NC(=O)CSc1nc2sc3c(c2c(=O)n1C)CCCC3. The number of thioether (sulfide) groups is 1. The molecule has 0 spiro atoms. The van der Waals surface area contributed by atoms with Gasteiger partial charge in [0, 0.05) is 18.0 Å². The van der Waals surface area contributed by atoms with Crippen LogP contribution in [0.25, 0.3) is 10.2 Å². The summed E-state index contributed by atoms with van der Waals surface area (Å²) in [6, 6.07) is 0.264. The fraction of sp³-hybridized carbons (Fsp3) is 0.667. The fourth-order valence-corrected chi connectivity index (χ4v) is 6.65. The molecule has 2 aromatic rings. The van der Waals surface area contributed by atoms with Crippen molar-refractivity contribution >= 4 is 39.2 Å². The standard InChI is InChI=1S/C21H29N3O2S2/c1-12-7-6-9-15(13(12)2)22-17(25)11-27-21-23-19-18(20(26)24(21)3)14-8-4-5-10-16(14)28-19/h12-13,15H,4-11H2,1-3H3,(H,22,25)/t12-,13-,15+/m1/s1. The Morgan fingerprint density at radius 1 is 1.25 bits per heavy atom. The lowest BCUT2D eigenvalue weighted by Crippen LogP contribution is -2.44. The smallest absolute Gasteiger partial charge is 0.262 e. The lowest BCUT2D eigenvalue weighted by Gasteiger charge is -2.34. The van der Waals surface area contributed by atoms with Gasteiger partial charge in [0.2, 0.25) is 5.91 Å². The molecular formula is C21H29N3O2S2. The summed E-state index contributed by atoms with van der Waals surface area (Å²) in [6.45, 7) is 4.51. The summed E-state index contributed by atoms with van der Waals surface area (Å²) in [4.78, 5) is 32.4. The first-order valence-electron chi connectivity index (χ1n) is 10.4. The van der Waals surface area contributed by atoms with Crippen LogP contribution in [0.1, 0.15) is 56.4 Å². The van der Waals surface area contributed by atoms with E-state index in [2.05, 4.69) is 19.2 Å². The average Bonchev–Trinajstić information content (AvgIpc) is 3.05. The zero-order chi connectivity index (χ0) is 19.8. The van der Waals surface area contributed by atoms with Crippen molar-refractivity contribution in [2.75, 3.05) is 5.75 Å². The maximum Gasteiger partial charge on any atom is 0.262 e. The maximum absolute atomic E-state index is 12.9. The number of fused-ring (bicyclic) bond motifs is 3. The third-order valence-electron chi connectivity index (χ3n) is 6.54. The Labute approximate surface area is 174 Å². The Morgan fingerprint density at radius 3 is 2.86 bits per heavy atom. The van der Waals surface area contributed by atoms with Gasteiger partial charge in [0.05, 0.1) is 11.1 Å². The van der Waals surface area contributed by atoms with E-state index in [1.165, 1.54) is 41.5 Å². The number of hydrogen-bond donors (Lipinski definition) is 1. The number of carbonyl (C=O) groups excluding carboxylic acids is 1. The molecule has 1 N–H and O–H groups in total. The van der Waals surface area contributed by atoms with E-state index in [1.807, 2.05) is 0 Å². The minimum atomic E-state index is 0.0297. The first-order chi connectivity index (χ1) is 13.5. The zero-order valence-electron chi connectivity index (χ0n) is 16.9. The number of carbonyl (C=O) groups is 1. The van der Waals surface area contributed by atoms with Crippen LogP contribution >= 0.6 is 23.1 Å². The van der Waals surface area contributed by atoms with Crippen LogP contribution in [-0.2, 0) is 24.7 Å². The molecule has 0 radical (unpaired) electrons. The predicted octanol–water partition coefficient (Wildman–Crippen LogP) is 3.91. The van der Waals surface area contributed by atoms with Crippen LogP contribution in [0.15, 0.2) is 9.95 Å². The van der Waals surface area contributed by atoms with Crippen LogP contribution in [0.4, 0.5) is 0 Å². The van der Waals surface area contributed by atoms with Crippen LogP contribution in [-0.4, -0.2) is 27.3 Å².